The van der Waals surface area contributed by atoms with E-state index in [-0.39, 0.29) is 0 Å². The minimum Gasteiger partial charge on any atom is -0.508 e. The predicted octanol–water partition coefficient (Wildman–Crippen LogP) is 20.2. The van der Waals surface area contributed by atoms with Crippen LogP contribution < -0.4 is 14.2 Å². The van der Waals surface area contributed by atoms with Crippen molar-refractivity contribution in [3.05, 3.63) is 270 Å². The van der Waals surface area contributed by atoms with Crippen LogP contribution in [0.5, 0.6) is 23.0 Å². The van der Waals surface area contributed by atoms with E-state index in [4.69, 9.17) is 14.2 Å². The molecule has 0 saturated carbocycles. The van der Waals surface area contributed by atoms with E-state index in [0.717, 1.165) is 74.4 Å². The molecule has 0 atom stereocenters. The van der Waals surface area contributed by atoms with Crippen LogP contribution in [-0.4, -0.2) is 40.1 Å². The Kier molecular flexibility index (Phi) is 19.8. The molecule has 2 aliphatic carbocycles. The van der Waals surface area contributed by atoms with Gasteiger partial charge in [-0.1, -0.05) is 184 Å². The number of ether oxygens (including phenoxy) is 3. The summed E-state index contributed by atoms with van der Waals surface area (Å²) in [6.07, 6.45) is 12.0. The molecule has 0 fully saturated rings. The van der Waals surface area contributed by atoms with Crippen LogP contribution in [0.3, 0.4) is 0 Å². The average Bonchev–Trinajstić information content (AvgIpc) is 3.78. The first kappa shape index (κ1) is 59.4. The van der Waals surface area contributed by atoms with E-state index >= 15 is 0 Å². The number of aryl methyl sites for hydroxylation is 4. The maximum absolute atomic E-state index is 9.62. The first-order valence-corrected chi connectivity index (χ1v) is 30.2. The first-order chi connectivity index (χ1) is 42.2. The third-order valence-electron chi connectivity index (χ3n) is 15.8. The fraction of sp³-hybridized carbons (Fsp3) is 0.190. The minimum atomic E-state index is 0.320. The number of phenolic OH excluding ortho intramolecular Hbond substituents is 1. The summed E-state index contributed by atoms with van der Waals surface area (Å²) in [5.41, 5.74) is 20.7. The number of fused-ring (bicyclic) bond motifs is 5. The number of aromatic nitrogens is 3. The Morgan fingerprint density at radius 2 is 0.802 bits per heavy atom. The highest BCUT2D eigenvalue weighted by molar-refractivity contribution is 5.91. The van der Waals surface area contributed by atoms with Crippen LogP contribution in [0.1, 0.15) is 73.4 Å². The van der Waals surface area contributed by atoms with Gasteiger partial charge in [-0.25, -0.2) is 0 Å². The Morgan fingerprint density at radius 1 is 0.395 bits per heavy atom. The largest absolute Gasteiger partial charge is 0.508 e. The van der Waals surface area contributed by atoms with Crippen molar-refractivity contribution in [2.45, 2.75) is 79.4 Å². The number of methoxy groups -OCH3 is 3. The van der Waals surface area contributed by atoms with E-state index < -0.39 is 0 Å². The van der Waals surface area contributed by atoms with Crippen molar-refractivity contribution in [1.29, 1.82) is 0 Å². The number of allylic oxidation sites excluding steroid dienone is 2. The maximum atomic E-state index is 9.62. The average molecular weight is 1130 g/mol. The molecule has 0 amide bonds. The van der Waals surface area contributed by atoms with Gasteiger partial charge in [0.2, 0.25) is 0 Å². The van der Waals surface area contributed by atoms with Gasteiger partial charge in [-0.05, 0) is 180 Å². The second-order valence-corrected chi connectivity index (χ2v) is 21.8. The third kappa shape index (κ3) is 14.1. The zero-order valence-electron chi connectivity index (χ0n) is 50.8. The normalized spacial score (nSPS) is 11.7. The van der Waals surface area contributed by atoms with Crippen molar-refractivity contribution >= 4 is 50.4 Å². The van der Waals surface area contributed by atoms with E-state index in [1.807, 2.05) is 36.4 Å². The lowest BCUT2D eigenvalue weighted by molar-refractivity contribution is 0.414. The summed E-state index contributed by atoms with van der Waals surface area (Å²) in [5.74, 6) is 3.09. The zero-order valence-corrected chi connectivity index (χ0v) is 50.8. The SMILES string of the molecule is CCCn1c(-c2ccccc2)cc2cc(C)ccc21.CCCn1c(-c2ccccc2)cc2cc(O)ccc21.CCCn1c(-c2ccccc2)cc2cc(OC)ccc21.COc1ccc2c(c1)C=C(c1ccccc1)C2.COc1ccc2c(c1)C=CC2. The molecule has 0 spiro atoms. The second kappa shape index (κ2) is 28.7. The fourth-order valence-corrected chi connectivity index (χ4v) is 11.6. The molecule has 1 N–H and O–H groups in total. The number of aromatic hydroxyl groups is 1. The molecule has 0 bridgehead atoms. The second-order valence-electron chi connectivity index (χ2n) is 21.8. The highest BCUT2D eigenvalue weighted by atomic mass is 16.5. The van der Waals surface area contributed by atoms with Gasteiger partial charge in [-0.2, -0.15) is 0 Å². The molecule has 7 heteroatoms. The molecule has 0 unspecified atom stereocenters. The van der Waals surface area contributed by atoms with Gasteiger partial charge < -0.3 is 33.0 Å². The molecule has 3 heterocycles. The van der Waals surface area contributed by atoms with Crippen molar-refractivity contribution < 1.29 is 19.3 Å². The third-order valence-corrected chi connectivity index (χ3v) is 15.8. The summed E-state index contributed by atoms with van der Waals surface area (Å²) >= 11 is 0. The lowest BCUT2D eigenvalue weighted by Gasteiger charge is -2.09. The summed E-state index contributed by atoms with van der Waals surface area (Å²) in [4.78, 5) is 0. The summed E-state index contributed by atoms with van der Waals surface area (Å²) < 4.78 is 22.8. The van der Waals surface area contributed by atoms with Crippen LogP contribution in [0.25, 0.3) is 84.2 Å². The first-order valence-electron chi connectivity index (χ1n) is 30.2. The van der Waals surface area contributed by atoms with Gasteiger partial charge in [0, 0.05) is 69.4 Å². The summed E-state index contributed by atoms with van der Waals surface area (Å²) in [6.45, 7) is 11.9. The number of nitrogens with zero attached hydrogens (tertiary/aromatic N) is 3. The Bertz CT molecular complexity index is 4100. The Hall–Kier alpha value is -9.72. The summed E-state index contributed by atoms with van der Waals surface area (Å²) in [5, 5.41) is 13.3. The number of benzene rings is 9. The summed E-state index contributed by atoms with van der Waals surface area (Å²) in [6, 6.07) is 79.9. The van der Waals surface area contributed by atoms with Crippen molar-refractivity contribution in [2.24, 2.45) is 0 Å². The van der Waals surface area contributed by atoms with Crippen LogP contribution in [0.2, 0.25) is 0 Å². The molecule has 86 heavy (non-hydrogen) atoms. The topological polar surface area (TPSA) is 62.7 Å². The van der Waals surface area contributed by atoms with E-state index in [0.29, 0.717) is 5.75 Å². The smallest absolute Gasteiger partial charge is 0.119 e. The van der Waals surface area contributed by atoms with Gasteiger partial charge in [0.25, 0.3) is 0 Å². The Labute approximate surface area is 508 Å². The van der Waals surface area contributed by atoms with Crippen molar-refractivity contribution in [2.75, 3.05) is 21.3 Å². The van der Waals surface area contributed by atoms with Gasteiger partial charge in [0.05, 0.1) is 21.3 Å². The van der Waals surface area contributed by atoms with E-state index in [9.17, 15) is 5.11 Å². The molecular weight excluding hydrogens is 1050 g/mol. The number of hydrogen-bond acceptors (Lipinski definition) is 4. The highest BCUT2D eigenvalue weighted by Crippen LogP contribution is 2.36. The molecule has 0 saturated heterocycles. The molecule has 434 valence electrons. The van der Waals surface area contributed by atoms with E-state index in [2.05, 4.69) is 248 Å². The van der Waals surface area contributed by atoms with Crippen LogP contribution in [-0.2, 0) is 32.5 Å². The monoisotopic (exact) mass is 1130 g/mol. The molecule has 12 aromatic rings. The lowest BCUT2D eigenvalue weighted by Crippen LogP contribution is -1.98. The molecule has 9 aromatic carbocycles. The Morgan fingerprint density at radius 3 is 1.29 bits per heavy atom. The molecule has 3 aromatic heterocycles. The molecular formula is C79H79N3O4. The predicted molar refractivity (Wildman–Crippen MR) is 363 cm³/mol. The lowest BCUT2D eigenvalue weighted by atomic mass is 10.0. The van der Waals surface area contributed by atoms with E-state index in [1.165, 1.54) is 100 Å². The van der Waals surface area contributed by atoms with Gasteiger partial charge in [0.1, 0.15) is 23.0 Å². The molecule has 7 nitrogen and oxygen atoms in total. The quantitative estimate of drug-likeness (QED) is 0.125. The number of phenols is 1. The minimum absolute atomic E-state index is 0.320. The van der Waals surface area contributed by atoms with Gasteiger partial charge in [-0.3, -0.25) is 0 Å². The zero-order chi connectivity index (χ0) is 59.8. The number of hydrogen-bond donors (Lipinski definition) is 1. The van der Waals surface area contributed by atoms with Gasteiger partial charge in [0.15, 0.2) is 0 Å². The van der Waals surface area contributed by atoms with Crippen molar-refractivity contribution in [3.8, 4) is 56.8 Å². The van der Waals surface area contributed by atoms with E-state index in [1.54, 1.807) is 27.4 Å². The molecule has 0 aliphatic heterocycles. The Balaban J connectivity index is 0.000000121. The molecule has 2 aliphatic rings. The highest BCUT2D eigenvalue weighted by Gasteiger charge is 2.16. The van der Waals surface area contributed by atoms with Crippen molar-refractivity contribution in [3.63, 3.8) is 0 Å². The van der Waals surface area contributed by atoms with Crippen LogP contribution in [0.15, 0.2) is 237 Å². The van der Waals surface area contributed by atoms with Crippen LogP contribution in [0, 0.1) is 6.92 Å². The van der Waals surface area contributed by atoms with Crippen molar-refractivity contribution in [1.82, 2.24) is 13.7 Å². The maximum Gasteiger partial charge on any atom is 0.119 e. The molecule has 14 rings (SSSR count). The molecule has 0 radical (unpaired) electrons. The standard InChI is InChI=1S/C18H19NO.C18H19N.C17H17NO.C16H14O.C10H10O/c1-3-11-19-17-10-9-16(20-2)12-15(17)13-18(19)14-7-5-4-6-8-14;1-3-11-19-17-10-9-14(2)12-16(17)13-18(19)15-7-5-4-6-8-15;1-2-10-18-16-9-8-15(19)11-14(16)12-17(18)13-6-4-3-5-7-13;1-17-16-8-7-13-9-14(10-15(13)11-16)12-5-3-2-4-6-12;1-11-10-6-5-8-3-2-4-9(8)7-10/h4-10,12-13H,3,11H2,1-2H3;4-10,12-13H,3,11H2,1-2H3;3-9,11-12,19H,2,10H2,1H3;2-8,10-11H,9H2,1H3;2,4-7H,3H2,1H3. The van der Waals surface area contributed by atoms with Gasteiger partial charge >= 0.3 is 0 Å². The van der Waals surface area contributed by atoms with Crippen LogP contribution >= 0.6 is 0 Å². The summed E-state index contributed by atoms with van der Waals surface area (Å²) in [7, 11) is 5.11. The fourth-order valence-electron chi connectivity index (χ4n) is 11.6. The van der Waals surface area contributed by atoms with Crippen LogP contribution in [0.4, 0.5) is 0 Å². The van der Waals surface area contributed by atoms with Gasteiger partial charge in [-0.15, -0.1) is 0 Å². The number of rotatable bonds is 13.